The standard InChI is InChI=1S/C21H28F6O5/c1-5-7-16-12-17(19(20(22,23)24,21(25,26)27)31-13-29-4)9-10-18(16)30-11-6-8-14(2)32-15(3)28/h9-10,12,14H,5-8,11,13H2,1-4H3. The zero-order chi connectivity index (χ0) is 24.6. The summed E-state index contributed by atoms with van der Waals surface area (Å²) in [6, 6.07) is 2.60. The first kappa shape index (κ1) is 28.0. The minimum Gasteiger partial charge on any atom is -0.493 e. The highest BCUT2D eigenvalue weighted by Crippen LogP contribution is 2.53. The first-order valence-corrected chi connectivity index (χ1v) is 9.99. The summed E-state index contributed by atoms with van der Waals surface area (Å²) in [6.45, 7) is 3.66. The van der Waals surface area contributed by atoms with Crippen LogP contribution < -0.4 is 4.74 Å². The Morgan fingerprint density at radius 1 is 1.09 bits per heavy atom. The van der Waals surface area contributed by atoms with Crippen molar-refractivity contribution in [2.45, 2.75) is 70.5 Å². The van der Waals surface area contributed by atoms with E-state index in [1.807, 2.05) is 0 Å². The lowest BCUT2D eigenvalue weighted by Crippen LogP contribution is -2.56. The van der Waals surface area contributed by atoms with Crippen molar-refractivity contribution in [3.8, 4) is 5.75 Å². The monoisotopic (exact) mass is 474 g/mol. The van der Waals surface area contributed by atoms with Crippen molar-refractivity contribution in [3.05, 3.63) is 29.3 Å². The molecule has 0 amide bonds. The van der Waals surface area contributed by atoms with Crippen molar-refractivity contribution >= 4 is 5.97 Å². The first-order chi connectivity index (χ1) is 14.8. The molecular weight excluding hydrogens is 446 g/mol. The molecule has 0 spiro atoms. The number of ether oxygens (including phenoxy) is 4. The molecule has 0 aromatic heterocycles. The predicted molar refractivity (Wildman–Crippen MR) is 103 cm³/mol. The van der Waals surface area contributed by atoms with Crippen LogP contribution in [-0.2, 0) is 31.0 Å². The van der Waals surface area contributed by atoms with Crippen molar-refractivity contribution in [2.24, 2.45) is 0 Å². The van der Waals surface area contributed by atoms with Crippen molar-refractivity contribution in [1.82, 2.24) is 0 Å². The summed E-state index contributed by atoms with van der Waals surface area (Å²) < 4.78 is 102. The molecule has 0 aliphatic rings. The molecule has 1 unspecified atom stereocenters. The highest BCUT2D eigenvalue weighted by Gasteiger charge is 2.73. The summed E-state index contributed by atoms with van der Waals surface area (Å²) in [7, 11) is 0.930. The second-order valence-electron chi connectivity index (χ2n) is 7.21. The van der Waals surface area contributed by atoms with Gasteiger partial charge in [0.15, 0.2) is 0 Å². The molecule has 1 aromatic rings. The van der Waals surface area contributed by atoms with Gasteiger partial charge < -0.3 is 18.9 Å². The molecule has 11 heteroatoms. The van der Waals surface area contributed by atoms with Crippen LogP contribution in [0.3, 0.4) is 0 Å². The van der Waals surface area contributed by atoms with E-state index >= 15 is 0 Å². The van der Waals surface area contributed by atoms with Gasteiger partial charge in [0.2, 0.25) is 0 Å². The Kier molecular flexibility index (Phi) is 10.3. The molecule has 0 aliphatic heterocycles. The Hall–Kier alpha value is -2.01. The van der Waals surface area contributed by atoms with Gasteiger partial charge in [-0.1, -0.05) is 19.4 Å². The van der Waals surface area contributed by atoms with E-state index in [1.54, 1.807) is 13.8 Å². The molecule has 0 heterocycles. The van der Waals surface area contributed by atoms with Crippen LogP contribution in [0.4, 0.5) is 26.3 Å². The molecule has 0 radical (unpaired) electrons. The topological polar surface area (TPSA) is 54.0 Å². The smallest absolute Gasteiger partial charge is 0.430 e. The number of hydrogen-bond acceptors (Lipinski definition) is 5. The molecule has 0 saturated carbocycles. The van der Waals surface area contributed by atoms with Gasteiger partial charge in [0.25, 0.3) is 5.60 Å². The molecule has 0 saturated heterocycles. The normalized spacial score (nSPS) is 13.7. The number of methoxy groups -OCH3 is 1. The number of halogens is 6. The SMILES string of the molecule is CCCc1cc(C(OCOC)(C(F)(F)F)C(F)(F)F)ccc1OCCCC(C)OC(C)=O. The number of esters is 1. The Morgan fingerprint density at radius 3 is 2.22 bits per heavy atom. The number of carbonyl (C=O) groups is 1. The molecule has 0 N–H and O–H groups in total. The van der Waals surface area contributed by atoms with Crippen LogP contribution in [0.25, 0.3) is 0 Å². The maximum Gasteiger partial charge on any atom is 0.430 e. The van der Waals surface area contributed by atoms with Crippen molar-refractivity contribution in [1.29, 1.82) is 0 Å². The van der Waals surface area contributed by atoms with Crippen LogP contribution in [0.15, 0.2) is 18.2 Å². The van der Waals surface area contributed by atoms with Crippen molar-refractivity contribution in [3.63, 3.8) is 0 Å². The van der Waals surface area contributed by atoms with E-state index in [1.165, 1.54) is 6.92 Å². The zero-order valence-corrected chi connectivity index (χ0v) is 18.4. The minimum absolute atomic E-state index is 0.144. The van der Waals surface area contributed by atoms with Crippen LogP contribution in [0.2, 0.25) is 0 Å². The van der Waals surface area contributed by atoms with Crippen LogP contribution in [-0.4, -0.2) is 44.9 Å². The largest absolute Gasteiger partial charge is 0.493 e. The van der Waals surface area contributed by atoms with Crippen LogP contribution in [0, 0.1) is 0 Å². The van der Waals surface area contributed by atoms with Crippen molar-refractivity contribution in [2.75, 3.05) is 20.5 Å². The molecule has 32 heavy (non-hydrogen) atoms. The molecule has 0 bridgehead atoms. The maximum absolute atomic E-state index is 13.7. The van der Waals surface area contributed by atoms with E-state index in [0.29, 0.717) is 25.3 Å². The predicted octanol–water partition coefficient (Wildman–Crippen LogP) is 5.69. The molecule has 1 rings (SSSR count). The third-order valence-electron chi connectivity index (χ3n) is 4.56. The Bertz CT molecular complexity index is 718. The van der Waals surface area contributed by atoms with Gasteiger partial charge in [-0.25, -0.2) is 0 Å². The Morgan fingerprint density at radius 2 is 1.72 bits per heavy atom. The van der Waals surface area contributed by atoms with Crippen molar-refractivity contribution < 1.29 is 50.1 Å². The summed E-state index contributed by atoms with van der Waals surface area (Å²) in [4.78, 5) is 10.9. The lowest BCUT2D eigenvalue weighted by molar-refractivity contribution is -0.400. The van der Waals surface area contributed by atoms with E-state index in [2.05, 4.69) is 9.47 Å². The average Bonchev–Trinajstić information content (AvgIpc) is 2.64. The fourth-order valence-electron chi connectivity index (χ4n) is 3.18. The Balaban J connectivity index is 3.20. The van der Waals surface area contributed by atoms with Gasteiger partial charge in [-0.15, -0.1) is 0 Å². The van der Waals surface area contributed by atoms with Gasteiger partial charge in [-0.05, 0) is 43.9 Å². The maximum atomic E-state index is 13.7. The Labute approximate surface area is 183 Å². The molecule has 184 valence electrons. The van der Waals surface area contributed by atoms with Gasteiger partial charge in [-0.2, -0.15) is 26.3 Å². The highest BCUT2D eigenvalue weighted by atomic mass is 19.4. The minimum atomic E-state index is -5.79. The third kappa shape index (κ3) is 6.99. The van der Waals surface area contributed by atoms with E-state index in [-0.39, 0.29) is 30.4 Å². The number of alkyl halides is 6. The fourth-order valence-corrected chi connectivity index (χ4v) is 3.18. The molecule has 1 aromatic carbocycles. The number of hydrogen-bond donors (Lipinski definition) is 0. The molecule has 5 nitrogen and oxygen atoms in total. The molecule has 0 fully saturated rings. The average molecular weight is 474 g/mol. The number of rotatable bonds is 12. The highest BCUT2D eigenvalue weighted by molar-refractivity contribution is 5.66. The van der Waals surface area contributed by atoms with E-state index in [9.17, 15) is 31.1 Å². The van der Waals surface area contributed by atoms with E-state index < -0.39 is 36.3 Å². The van der Waals surface area contributed by atoms with E-state index in [0.717, 1.165) is 19.2 Å². The number of benzene rings is 1. The summed E-state index contributed by atoms with van der Waals surface area (Å²) in [6.07, 6.45) is -10.3. The lowest BCUT2D eigenvalue weighted by Gasteiger charge is -2.37. The zero-order valence-electron chi connectivity index (χ0n) is 18.4. The van der Waals surface area contributed by atoms with Gasteiger partial charge >= 0.3 is 18.3 Å². The van der Waals surface area contributed by atoms with Gasteiger partial charge in [0, 0.05) is 19.6 Å². The first-order valence-electron chi connectivity index (χ1n) is 9.99. The van der Waals surface area contributed by atoms with Gasteiger partial charge in [-0.3, -0.25) is 4.79 Å². The van der Waals surface area contributed by atoms with Crippen LogP contribution >= 0.6 is 0 Å². The quantitative estimate of drug-likeness (QED) is 0.169. The lowest BCUT2D eigenvalue weighted by atomic mass is 9.89. The third-order valence-corrected chi connectivity index (χ3v) is 4.56. The number of aryl methyl sites for hydroxylation is 1. The van der Waals surface area contributed by atoms with E-state index in [4.69, 9.17) is 9.47 Å². The van der Waals surface area contributed by atoms with Gasteiger partial charge in [0.05, 0.1) is 12.7 Å². The van der Waals surface area contributed by atoms with Crippen LogP contribution in [0.1, 0.15) is 51.2 Å². The fraction of sp³-hybridized carbons (Fsp3) is 0.667. The summed E-state index contributed by atoms with van der Waals surface area (Å²) >= 11 is 0. The summed E-state index contributed by atoms with van der Waals surface area (Å²) in [5.74, 6) is -0.242. The second kappa shape index (κ2) is 11.7. The number of carbonyl (C=O) groups excluding carboxylic acids is 1. The summed E-state index contributed by atoms with van der Waals surface area (Å²) in [5, 5.41) is 0. The van der Waals surface area contributed by atoms with Gasteiger partial charge in [0.1, 0.15) is 12.5 Å². The summed E-state index contributed by atoms with van der Waals surface area (Å²) in [5.41, 5.74) is -5.46. The molecular formula is C21H28F6O5. The molecule has 0 aliphatic carbocycles. The second-order valence-corrected chi connectivity index (χ2v) is 7.21. The molecule has 1 atom stereocenters. The van der Waals surface area contributed by atoms with Crippen LogP contribution in [0.5, 0.6) is 5.75 Å².